The number of thiazole rings is 1. The van der Waals surface area contributed by atoms with Gasteiger partial charge in [0.15, 0.2) is 10.2 Å². The first kappa shape index (κ1) is 26.3. The molecule has 0 radical (unpaired) electrons. The molecule has 0 unspecified atom stereocenters. The molecule has 7 nitrogen and oxygen atoms in total. The third kappa shape index (κ3) is 6.39. The average Bonchev–Trinajstić information content (AvgIpc) is 3.63. The zero-order chi connectivity index (χ0) is 26.3. The van der Waals surface area contributed by atoms with Gasteiger partial charge in [-0.3, -0.25) is 9.59 Å². The summed E-state index contributed by atoms with van der Waals surface area (Å²) in [5.41, 5.74) is 2.64. The summed E-state index contributed by atoms with van der Waals surface area (Å²) < 4.78 is 0. The first-order valence-corrected chi connectivity index (χ1v) is 14.6. The average molecular weight is 548 g/mol. The van der Waals surface area contributed by atoms with Crippen molar-refractivity contribution < 1.29 is 9.59 Å². The van der Waals surface area contributed by atoms with Crippen molar-refractivity contribution in [1.82, 2.24) is 20.5 Å². The Morgan fingerprint density at radius 1 is 0.947 bits per heavy atom. The topological polar surface area (TPSA) is 86.4 Å². The first-order valence-electron chi connectivity index (χ1n) is 13.3. The second-order valence-corrected chi connectivity index (χ2v) is 11.1. The summed E-state index contributed by atoms with van der Waals surface area (Å²) in [5, 5.41) is 12.6. The number of aromatic nitrogens is 1. The van der Waals surface area contributed by atoms with Crippen LogP contribution >= 0.6 is 23.6 Å². The summed E-state index contributed by atoms with van der Waals surface area (Å²) in [6.07, 6.45) is 7.20. The fourth-order valence-corrected chi connectivity index (χ4v) is 6.28. The summed E-state index contributed by atoms with van der Waals surface area (Å²) >= 11 is 7.02. The standard InChI is InChI=1S/C29H33N5O2S2/c35-26(33-29-31-23(19-38-29)20-11-4-1-5-12-20)24-17-10-18-34(24)27(36)25(21-13-6-2-7-14-21)32-28(37)30-22-15-8-3-9-16-22/h1-2,4-7,11-14,19,22,24-25H,3,8-10,15-18H2,(H2,30,32,37)(H,31,33,35)/t24-,25+/m0/s1. The molecule has 198 valence electrons. The van der Waals surface area contributed by atoms with Crippen LogP contribution in [0.25, 0.3) is 11.3 Å². The van der Waals surface area contributed by atoms with Gasteiger partial charge >= 0.3 is 0 Å². The largest absolute Gasteiger partial charge is 0.360 e. The van der Waals surface area contributed by atoms with Gasteiger partial charge in [-0.1, -0.05) is 79.9 Å². The number of nitrogens with zero attached hydrogens (tertiary/aromatic N) is 2. The number of nitrogens with one attached hydrogen (secondary N) is 3. The Kier molecular flexibility index (Phi) is 8.65. The van der Waals surface area contributed by atoms with Crippen molar-refractivity contribution in [2.45, 2.75) is 63.1 Å². The summed E-state index contributed by atoms with van der Waals surface area (Å²) in [7, 11) is 0. The normalized spacial score (nSPS) is 18.5. The van der Waals surface area contributed by atoms with E-state index in [1.54, 1.807) is 4.90 Å². The Morgan fingerprint density at radius 2 is 1.66 bits per heavy atom. The number of carbonyl (C=O) groups is 2. The van der Waals surface area contributed by atoms with Crippen molar-refractivity contribution in [2.75, 3.05) is 11.9 Å². The van der Waals surface area contributed by atoms with Crippen molar-refractivity contribution in [3.05, 3.63) is 71.6 Å². The van der Waals surface area contributed by atoms with Crippen LogP contribution in [-0.2, 0) is 9.59 Å². The molecule has 2 aliphatic rings. The summed E-state index contributed by atoms with van der Waals surface area (Å²) in [4.78, 5) is 33.5. The molecule has 0 spiro atoms. The van der Waals surface area contributed by atoms with Gasteiger partial charge in [0.05, 0.1) is 5.69 Å². The molecule has 1 saturated heterocycles. The second-order valence-electron chi connectivity index (χ2n) is 9.88. The van der Waals surface area contributed by atoms with E-state index in [-0.39, 0.29) is 11.8 Å². The maximum atomic E-state index is 13.9. The van der Waals surface area contributed by atoms with Gasteiger partial charge in [0, 0.05) is 23.5 Å². The molecule has 38 heavy (non-hydrogen) atoms. The molecule has 2 heterocycles. The number of likely N-dealkylation sites (tertiary alicyclic amines) is 1. The highest BCUT2D eigenvalue weighted by atomic mass is 32.1. The quantitative estimate of drug-likeness (QED) is 0.349. The van der Waals surface area contributed by atoms with Gasteiger partial charge in [-0.25, -0.2) is 4.98 Å². The summed E-state index contributed by atoms with van der Waals surface area (Å²) in [6.45, 7) is 0.526. The Hall–Kier alpha value is -3.30. The van der Waals surface area contributed by atoms with Crippen molar-refractivity contribution in [3.63, 3.8) is 0 Å². The number of benzene rings is 2. The molecule has 1 saturated carbocycles. The summed E-state index contributed by atoms with van der Waals surface area (Å²) in [6, 6.07) is 18.6. The molecule has 3 N–H and O–H groups in total. The van der Waals surface area contributed by atoms with Gasteiger partial charge in [0.25, 0.3) is 0 Å². The predicted octanol–water partition coefficient (Wildman–Crippen LogP) is 5.28. The van der Waals surface area contributed by atoms with Crippen LogP contribution < -0.4 is 16.0 Å². The zero-order valence-electron chi connectivity index (χ0n) is 21.3. The smallest absolute Gasteiger partial charge is 0.250 e. The number of rotatable bonds is 7. The lowest BCUT2D eigenvalue weighted by molar-refractivity contribution is -0.138. The Labute approximate surface area is 233 Å². The number of hydrogen-bond acceptors (Lipinski definition) is 5. The molecule has 1 aliphatic heterocycles. The van der Waals surface area contributed by atoms with Crippen LogP contribution in [0.1, 0.15) is 56.6 Å². The molecular formula is C29H33N5O2S2. The number of anilines is 1. The monoisotopic (exact) mass is 547 g/mol. The minimum absolute atomic E-state index is 0.147. The highest BCUT2D eigenvalue weighted by molar-refractivity contribution is 7.80. The molecule has 2 fully saturated rings. The van der Waals surface area contributed by atoms with E-state index in [1.165, 1.54) is 30.6 Å². The van der Waals surface area contributed by atoms with E-state index in [1.807, 2.05) is 66.0 Å². The van der Waals surface area contributed by atoms with E-state index in [0.717, 1.165) is 36.1 Å². The van der Waals surface area contributed by atoms with Crippen LogP contribution in [0.2, 0.25) is 0 Å². The highest BCUT2D eigenvalue weighted by Gasteiger charge is 2.38. The minimum Gasteiger partial charge on any atom is -0.360 e. The van der Waals surface area contributed by atoms with Crippen LogP contribution in [0.15, 0.2) is 66.0 Å². The number of hydrogen-bond donors (Lipinski definition) is 3. The molecule has 3 aromatic rings. The number of thiocarbonyl (C=S) groups is 1. The fraction of sp³-hybridized carbons (Fsp3) is 0.379. The fourth-order valence-electron chi connectivity index (χ4n) is 5.27. The van der Waals surface area contributed by atoms with E-state index in [2.05, 4.69) is 20.9 Å². The molecule has 1 aliphatic carbocycles. The lowest BCUT2D eigenvalue weighted by Gasteiger charge is -2.31. The maximum absolute atomic E-state index is 13.9. The third-order valence-corrected chi connectivity index (χ3v) is 8.23. The molecular weight excluding hydrogens is 514 g/mol. The Bertz CT molecular complexity index is 1240. The third-order valence-electron chi connectivity index (χ3n) is 7.24. The van der Waals surface area contributed by atoms with Crippen LogP contribution in [0.3, 0.4) is 0 Å². The number of carbonyl (C=O) groups excluding carboxylic acids is 2. The molecule has 9 heteroatoms. The van der Waals surface area contributed by atoms with Crippen LogP contribution in [0.5, 0.6) is 0 Å². The van der Waals surface area contributed by atoms with E-state index in [9.17, 15) is 9.59 Å². The zero-order valence-corrected chi connectivity index (χ0v) is 22.9. The summed E-state index contributed by atoms with van der Waals surface area (Å²) in [5.74, 6) is -0.356. The molecule has 1 aromatic heterocycles. The molecule has 2 amide bonds. The first-order chi connectivity index (χ1) is 18.6. The molecule has 2 atom stereocenters. The van der Waals surface area contributed by atoms with E-state index in [4.69, 9.17) is 12.2 Å². The second kappa shape index (κ2) is 12.5. The van der Waals surface area contributed by atoms with Crippen molar-refractivity contribution in [2.24, 2.45) is 0 Å². The van der Waals surface area contributed by atoms with Crippen LogP contribution in [0, 0.1) is 0 Å². The van der Waals surface area contributed by atoms with Gasteiger partial charge in [0.1, 0.15) is 12.1 Å². The Balaban J connectivity index is 1.28. The lowest BCUT2D eigenvalue weighted by Crippen LogP contribution is -2.51. The Morgan fingerprint density at radius 3 is 2.39 bits per heavy atom. The van der Waals surface area contributed by atoms with Crippen molar-refractivity contribution in [3.8, 4) is 11.3 Å². The van der Waals surface area contributed by atoms with Gasteiger partial charge in [-0.2, -0.15) is 0 Å². The van der Waals surface area contributed by atoms with Gasteiger partial charge < -0.3 is 20.9 Å². The maximum Gasteiger partial charge on any atom is 0.250 e. The van der Waals surface area contributed by atoms with E-state index >= 15 is 0 Å². The van der Waals surface area contributed by atoms with Crippen molar-refractivity contribution >= 4 is 45.6 Å². The van der Waals surface area contributed by atoms with Crippen molar-refractivity contribution in [1.29, 1.82) is 0 Å². The predicted molar refractivity (Wildman–Crippen MR) is 156 cm³/mol. The van der Waals surface area contributed by atoms with Gasteiger partial charge in [-0.15, -0.1) is 11.3 Å². The molecule has 5 rings (SSSR count). The lowest BCUT2D eigenvalue weighted by atomic mass is 9.96. The minimum atomic E-state index is -0.669. The molecule has 0 bridgehead atoms. The van der Waals surface area contributed by atoms with Gasteiger partial charge in [0.2, 0.25) is 11.8 Å². The highest BCUT2D eigenvalue weighted by Crippen LogP contribution is 2.28. The SMILES string of the molecule is O=C(Nc1nc(-c2ccccc2)cs1)[C@@H]1CCCN1C(=O)[C@H](NC(=S)NC1CCCCC1)c1ccccc1. The van der Waals surface area contributed by atoms with E-state index in [0.29, 0.717) is 29.3 Å². The van der Waals surface area contributed by atoms with Crippen LogP contribution in [-0.4, -0.2) is 45.4 Å². The van der Waals surface area contributed by atoms with E-state index < -0.39 is 12.1 Å². The van der Waals surface area contributed by atoms with Gasteiger partial charge in [-0.05, 0) is 43.5 Å². The van der Waals surface area contributed by atoms with Crippen LogP contribution in [0.4, 0.5) is 5.13 Å². The molecule has 2 aromatic carbocycles. The number of amides is 2.